The van der Waals surface area contributed by atoms with Crippen LogP contribution in [-0.4, -0.2) is 14.5 Å². The molecule has 0 unspecified atom stereocenters. The summed E-state index contributed by atoms with van der Waals surface area (Å²) in [7, 11) is 0. The Labute approximate surface area is 238 Å². The first-order valence-corrected chi connectivity index (χ1v) is 13.8. The molecule has 0 radical (unpaired) electrons. The second-order valence-corrected chi connectivity index (χ2v) is 10.4. The topological polar surface area (TPSA) is 30.7 Å². The maximum Gasteiger partial charge on any atom is 0.164 e. The fourth-order valence-electron chi connectivity index (χ4n) is 5.71. The molecule has 0 saturated heterocycles. The number of benzene rings is 6. The molecule has 192 valence electrons. The lowest BCUT2D eigenvalue weighted by atomic mass is 9.96. The van der Waals surface area contributed by atoms with Crippen molar-refractivity contribution >= 4 is 32.7 Å². The van der Waals surface area contributed by atoms with E-state index in [4.69, 9.17) is 4.98 Å². The number of imidazole rings is 1. The van der Waals surface area contributed by atoms with Gasteiger partial charge in [0.25, 0.3) is 0 Å². The molecule has 8 aromatic rings. The van der Waals surface area contributed by atoms with Crippen LogP contribution in [0.25, 0.3) is 72.0 Å². The molecule has 0 aliphatic carbocycles. The minimum Gasteiger partial charge on any atom is -0.277 e. The van der Waals surface area contributed by atoms with Gasteiger partial charge in [-0.25, -0.2) is 9.97 Å². The SMILES string of the molecule is c1ccc(-c2nc3cccnc3n2-c2ccc(-c3ccc4cc(-c5ccc6ccccc6c5)ccc4c3)cc2)cc1. The summed E-state index contributed by atoms with van der Waals surface area (Å²) in [6.07, 6.45) is 1.82. The van der Waals surface area contributed by atoms with Gasteiger partial charge in [0.15, 0.2) is 5.65 Å². The first-order valence-electron chi connectivity index (χ1n) is 13.8. The van der Waals surface area contributed by atoms with Gasteiger partial charge in [0.1, 0.15) is 11.3 Å². The summed E-state index contributed by atoms with van der Waals surface area (Å²) in [4.78, 5) is 9.58. The predicted molar refractivity (Wildman–Crippen MR) is 170 cm³/mol. The van der Waals surface area contributed by atoms with Crippen LogP contribution in [-0.2, 0) is 0 Å². The molecular formula is C38H25N3. The number of hydrogen-bond acceptors (Lipinski definition) is 2. The van der Waals surface area contributed by atoms with E-state index in [1.807, 2.05) is 36.5 Å². The molecule has 0 aliphatic rings. The monoisotopic (exact) mass is 523 g/mol. The number of rotatable bonds is 4. The first-order chi connectivity index (χ1) is 20.3. The van der Waals surface area contributed by atoms with E-state index < -0.39 is 0 Å². The normalized spacial score (nSPS) is 11.4. The van der Waals surface area contributed by atoms with Crippen molar-refractivity contribution in [2.75, 3.05) is 0 Å². The minimum atomic E-state index is 0.854. The second kappa shape index (κ2) is 9.58. The molecule has 2 heterocycles. The van der Waals surface area contributed by atoms with Crippen LogP contribution in [0.15, 0.2) is 152 Å². The van der Waals surface area contributed by atoms with Gasteiger partial charge >= 0.3 is 0 Å². The van der Waals surface area contributed by atoms with E-state index in [1.54, 1.807) is 0 Å². The van der Waals surface area contributed by atoms with Crippen LogP contribution in [0.5, 0.6) is 0 Å². The van der Waals surface area contributed by atoms with Crippen molar-refractivity contribution in [2.24, 2.45) is 0 Å². The van der Waals surface area contributed by atoms with Crippen molar-refractivity contribution in [2.45, 2.75) is 0 Å². The highest BCUT2D eigenvalue weighted by atomic mass is 15.1. The standard InChI is InChI=1S/C38H25N3/c1-2-8-28(9-3-1)37-40-36-11-6-22-39-38(36)41(37)35-20-18-27(19-21-35)30-14-15-33-25-34(17-16-32(33)24-30)31-13-12-26-7-4-5-10-29(26)23-31/h1-25H. The Hall–Kier alpha value is -5.54. The van der Waals surface area contributed by atoms with Gasteiger partial charge < -0.3 is 0 Å². The van der Waals surface area contributed by atoms with Crippen LogP contribution in [0.1, 0.15) is 0 Å². The van der Waals surface area contributed by atoms with Gasteiger partial charge in [-0.05, 0) is 86.3 Å². The number of hydrogen-bond donors (Lipinski definition) is 0. The smallest absolute Gasteiger partial charge is 0.164 e. The highest BCUT2D eigenvalue weighted by Gasteiger charge is 2.15. The summed E-state index contributed by atoms with van der Waals surface area (Å²) >= 11 is 0. The molecule has 0 spiro atoms. The molecule has 3 heteroatoms. The lowest BCUT2D eigenvalue weighted by Gasteiger charge is -2.11. The average Bonchev–Trinajstić information content (AvgIpc) is 3.44. The fourth-order valence-corrected chi connectivity index (χ4v) is 5.71. The summed E-state index contributed by atoms with van der Waals surface area (Å²) in [6, 6.07) is 51.6. The van der Waals surface area contributed by atoms with Gasteiger partial charge in [-0.15, -0.1) is 0 Å². The van der Waals surface area contributed by atoms with E-state index in [9.17, 15) is 0 Å². The zero-order valence-corrected chi connectivity index (χ0v) is 22.3. The predicted octanol–water partition coefficient (Wildman–Crippen LogP) is 9.73. The largest absolute Gasteiger partial charge is 0.277 e. The maximum atomic E-state index is 4.92. The minimum absolute atomic E-state index is 0.854. The molecule has 8 rings (SSSR count). The summed E-state index contributed by atoms with van der Waals surface area (Å²) in [5, 5.41) is 4.99. The third-order valence-corrected chi connectivity index (χ3v) is 7.83. The molecule has 3 nitrogen and oxygen atoms in total. The van der Waals surface area contributed by atoms with E-state index in [0.717, 1.165) is 28.2 Å². The van der Waals surface area contributed by atoms with Crippen LogP contribution in [0.3, 0.4) is 0 Å². The van der Waals surface area contributed by atoms with Gasteiger partial charge in [-0.2, -0.15) is 0 Å². The third-order valence-electron chi connectivity index (χ3n) is 7.83. The highest BCUT2D eigenvalue weighted by Crippen LogP contribution is 2.32. The lowest BCUT2D eigenvalue weighted by molar-refractivity contribution is 1.08. The van der Waals surface area contributed by atoms with Crippen LogP contribution >= 0.6 is 0 Å². The summed E-state index contributed by atoms with van der Waals surface area (Å²) in [6.45, 7) is 0. The third kappa shape index (κ3) is 4.16. The molecular weight excluding hydrogens is 498 g/mol. The van der Waals surface area contributed by atoms with Gasteiger partial charge in [-0.1, -0.05) is 103 Å². The van der Waals surface area contributed by atoms with Crippen LogP contribution < -0.4 is 0 Å². The van der Waals surface area contributed by atoms with Crippen molar-refractivity contribution < 1.29 is 0 Å². The summed E-state index contributed by atoms with van der Waals surface area (Å²) in [5.41, 5.74) is 8.67. The van der Waals surface area contributed by atoms with Gasteiger partial charge in [-0.3, -0.25) is 4.57 Å². The first kappa shape index (κ1) is 23.4. The van der Waals surface area contributed by atoms with Crippen molar-refractivity contribution in [3.05, 3.63) is 152 Å². The lowest BCUT2D eigenvalue weighted by Crippen LogP contribution is -1.98. The molecule has 0 aliphatic heterocycles. The molecule has 41 heavy (non-hydrogen) atoms. The van der Waals surface area contributed by atoms with Gasteiger partial charge in [0.2, 0.25) is 0 Å². The fraction of sp³-hybridized carbons (Fsp3) is 0. The Balaban J connectivity index is 1.14. The number of aromatic nitrogens is 3. The van der Waals surface area contributed by atoms with Crippen molar-refractivity contribution in [1.82, 2.24) is 14.5 Å². The van der Waals surface area contributed by atoms with Crippen LogP contribution in [0.4, 0.5) is 0 Å². The second-order valence-electron chi connectivity index (χ2n) is 10.4. The van der Waals surface area contributed by atoms with Crippen LogP contribution in [0.2, 0.25) is 0 Å². The molecule has 0 atom stereocenters. The average molecular weight is 524 g/mol. The number of nitrogens with zero attached hydrogens (tertiary/aromatic N) is 3. The molecule has 6 aromatic carbocycles. The quantitative estimate of drug-likeness (QED) is 0.230. The molecule has 2 aromatic heterocycles. The zero-order chi connectivity index (χ0) is 27.2. The van der Waals surface area contributed by atoms with Crippen molar-refractivity contribution in [3.63, 3.8) is 0 Å². The number of fused-ring (bicyclic) bond motifs is 3. The van der Waals surface area contributed by atoms with Crippen LogP contribution in [0, 0.1) is 0 Å². The Morgan fingerprint density at radius 1 is 0.415 bits per heavy atom. The van der Waals surface area contributed by atoms with Gasteiger partial charge in [0, 0.05) is 17.4 Å². The molecule has 0 fully saturated rings. The zero-order valence-electron chi connectivity index (χ0n) is 22.3. The Bertz CT molecular complexity index is 2190. The summed E-state index contributed by atoms with van der Waals surface area (Å²) in [5.74, 6) is 0.889. The summed E-state index contributed by atoms with van der Waals surface area (Å²) < 4.78 is 2.14. The van der Waals surface area contributed by atoms with Crippen molar-refractivity contribution in [3.8, 4) is 39.3 Å². The number of pyridine rings is 1. The highest BCUT2D eigenvalue weighted by molar-refractivity contribution is 5.93. The van der Waals surface area contributed by atoms with Crippen molar-refractivity contribution in [1.29, 1.82) is 0 Å². The maximum absolute atomic E-state index is 4.92. The van der Waals surface area contributed by atoms with E-state index in [1.165, 1.54) is 43.8 Å². The molecule has 0 bridgehead atoms. The molecule has 0 saturated carbocycles. The molecule has 0 N–H and O–H groups in total. The molecule has 0 amide bonds. The van der Waals surface area contributed by atoms with E-state index >= 15 is 0 Å². The van der Waals surface area contributed by atoms with E-state index in [0.29, 0.717) is 0 Å². The Kier molecular flexibility index (Phi) is 5.46. The van der Waals surface area contributed by atoms with Gasteiger partial charge in [0.05, 0.1) is 0 Å². The van der Waals surface area contributed by atoms with E-state index in [-0.39, 0.29) is 0 Å². The van der Waals surface area contributed by atoms with E-state index in [2.05, 4.69) is 125 Å². The Morgan fingerprint density at radius 3 is 1.68 bits per heavy atom. The Morgan fingerprint density at radius 2 is 0.976 bits per heavy atom.